The van der Waals surface area contributed by atoms with Gasteiger partial charge in [0.25, 0.3) is 0 Å². The number of morpholine rings is 1. The summed E-state index contributed by atoms with van der Waals surface area (Å²) >= 11 is 0.897. The normalized spacial score (nSPS) is 17.9. The van der Waals surface area contributed by atoms with E-state index in [0.29, 0.717) is 29.6 Å². The van der Waals surface area contributed by atoms with Gasteiger partial charge in [-0.05, 0) is 59.1 Å². The van der Waals surface area contributed by atoms with Gasteiger partial charge < -0.3 is 39.4 Å². The van der Waals surface area contributed by atoms with E-state index < -0.39 is 35.5 Å². The maximum atomic E-state index is 13.0. The summed E-state index contributed by atoms with van der Waals surface area (Å²) in [6, 6.07) is 2.97. The van der Waals surface area contributed by atoms with E-state index in [1.807, 2.05) is 0 Å². The lowest BCUT2D eigenvalue weighted by Gasteiger charge is -2.47. The molecule has 1 spiro atoms. The lowest BCUT2D eigenvalue weighted by Crippen LogP contribution is -2.59. The lowest BCUT2D eigenvalue weighted by atomic mass is 9.89. The summed E-state index contributed by atoms with van der Waals surface area (Å²) < 4.78 is 50.7. The van der Waals surface area contributed by atoms with Crippen molar-refractivity contribution >= 4 is 33.6 Å². The van der Waals surface area contributed by atoms with Crippen molar-refractivity contribution in [2.45, 2.75) is 102 Å². The van der Waals surface area contributed by atoms with Crippen LogP contribution in [0.2, 0.25) is 0 Å². The third kappa shape index (κ3) is 10.6. The van der Waals surface area contributed by atoms with Crippen molar-refractivity contribution in [3.8, 4) is 5.75 Å². The van der Waals surface area contributed by atoms with Crippen molar-refractivity contribution in [1.82, 2.24) is 19.7 Å². The van der Waals surface area contributed by atoms with E-state index in [0.717, 1.165) is 80.8 Å². The lowest BCUT2D eigenvalue weighted by molar-refractivity contribution is -0.200. The third-order valence-corrected chi connectivity index (χ3v) is 9.87. The Morgan fingerprint density at radius 1 is 1.06 bits per heavy atom. The number of ether oxygens (including phenoxy) is 2. The maximum absolute atomic E-state index is 13.0. The van der Waals surface area contributed by atoms with Crippen LogP contribution in [0.15, 0.2) is 16.9 Å². The van der Waals surface area contributed by atoms with Crippen LogP contribution in [-0.4, -0.2) is 112 Å². The molecule has 2 saturated heterocycles. The number of H-pyrrole nitrogens is 1. The monoisotopic (exact) mass is 702 g/mol. The van der Waals surface area contributed by atoms with Crippen molar-refractivity contribution < 1.29 is 42.4 Å². The number of hydrogen-bond acceptors (Lipinski definition) is 9. The molecule has 2 amide bonds. The minimum atomic E-state index is -4.86. The summed E-state index contributed by atoms with van der Waals surface area (Å²) in [5.74, 6) is -1.86. The summed E-state index contributed by atoms with van der Waals surface area (Å²) in [4.78, 5) is 43.6. The second-order valence-corrected chi connectivity index (χ2v) is 14.9. The molecule has 2 aliphatic rings. The highest BCUT2D eigenvalue weighted by atomic mass is 32.1. The highest BCUT2D eigenvalue weighted by Gasteiger charge is 2.48. The number of thiazole rings is 1. The zero-order valence-electron chi connectivity index (χ0n) is 28.1. The minimum absolute atomic E-state index is 0.00543. The molecule has 2 fully saturated rings. The van der Waals surface area contributed by atoms with Crippen LogP contribution in [0.5, 0.6) is 5.75 Å². The van der Waals surface area contributed by atoms with Crippen LogP contribution in [0.25, 0.3) is 10.2 Å². The summed E-state index contributed by atoms with van der Waals surface area (Å²) in [5, 5.41) is 21.2. The number of benzene rings is 1. The van der Waals surface area contributed by atoms with Crippen LogP contribution in [0.3, 0.4) is 0 Å². The molecule has 2 aromatic rings. The number of rotatable bonds is 13. The molecule has 3 N–H and O–H groups in total. The number of aliphatic hydroxyl groups excluding tert-OH is 1. The first-order valence-corrected chi connectivity index (χ1v) is 17.6. The number of aromatic hydroxyl groups is 1. The van der Waals surface area contributed by atoms with Gasteiger partial charge in [0.1, 0.15) is 16.9 Å². The average molecular weight is 703 g/mol. The molecule has 0 saturated carbocycles. The fraction of sp³-hybridized carbons (Fsp3) is 0.727. The van der Waals surface area contributed by atoms with E-state index in [-0.39, 0.29) is 42.4 Å². The Morgan fingerprint density at radius 2 is 1.71 bits per heavy atom. The molecule has 3 heterocycles. The van der Waals surface area contributed by atoms with Gasteiger partial charge in [0, 0.05) is 31.7 Å². The van der Waals surface area contributed by atoms with Crippen LogP contribution >= 0.6 is 11.3 Å². The van der Waals surface area contributed by atoms with E-state index >= 15 is 0 Å². The number of hydrogen-bond donors (Lipinski definition) is 3. The number of halogens is 3. The van der Waals surface area contributed by atoms with Crippen LogP contribution < -0.4 is 4.87 Å². The van der Waals surface area contributed by atoms with Crippen LogP contribution in [0.4, 0.5) is 18.0 Å². The minimum Gasteiger partial charge on any atom is -0.506 e. The van der Waals surface area contributed by atoms with E-state index in [1.165, 1.54) is 11.0 Å². The van der Waals surface area contributed by atoms with Gasteiger partial charge in [0.2, 0.25) is 0 Å². The number of amides is 2. The Balaban J connectivity index is 1.14. The first-order valence-electron chi connectivity index (χ1n) is 16.8. The maximum Gasteiger partial charge on any atom is 0.471 e. The predicted molar refractivity (Wildman–Crippen MR) is 176 cm³/mol. The number of phenolic OH excluding ortho intramolecular Hbond substituents is 1. The molecular formula is C33H49F3N4O7S. The van der Waals surface area contributed by atoms with E-state index in [9.17, 15) is 37.8 Å². The molecule has 270 valence electrons. The molecule has 48 heavy (non-hydrogen) atoms. The molecule has 4 rings (SSSR count). The molecule has 1 aromatic heterocycles. The van der Waals surface area contributed by atoms with Gasteiger partial charge in [-0.25, -0.2) is 4.79 Å². The molecule has 15 heteroatoms. The highest BCUT2D eigenvalue weighted by Crippen LogP contribution is 2.33. The second-order valence-electron chi connectivity index (χ2n) is 13.9. The van der Waals surface area contributed by atoms with Gasteiger partial charge in [0.15, 0.2) is 0 Å². The zero-order valence-corrected chi connectivity index (χ0v) is 28.9. The Hall–Kier alpha value is -2.88. The van der Waals surface area contributed by atoms with Crippen molar-refractivity contribution in [3.05, 3.63) is 27.4 Å². The number of piperidine rings is 1. The van der Waals surface area contributed by atoms with E-state index in [1.54, 1.807) is 26.8 Å². The molecule has 0 unspecified atom stereocenters. The smallest absolute Gasteiger partial charge is 0.471 e. The molecule has 0 bridgehead atoms. The Morgan fingerprint density at radius 3 is 2.35 bits per heavy atom. The van der Waals surface area contributed by atoms with Gasteiger partial charge in [0.05, 0.1) is 36.1 Å². The zero-order chi connectivity index (χ0) is 35.1. The number of nitrogens with zero attached hydrogens (tertiary/aromatic N) is 3. The van der Waals surface area contributed by atoms with E-state index in [2.05, 4.69) is 9.88 Å². The average Bonchev–Trinajstić information content (AvgIpc) is 3.41. The molecule has 0 aliphatic carbocycles. The van der Waals surface area contributed by atoms with Crippen LogP contribution in [-0.2, 0) is 14.3 Å². The number of aliphatic hydroxyl groups is 1. The molecule has 2 aliphatic heterocycles. The fourth-order valence-electron chi connectivity index (χ4n) is 6.40. The Bertz CT molecular complexity index is 1430. The number of carbonyl (C=O) groups excluding carboxylic acids is 2. The van der Waals surface area contributed by atoms with Crippen molar-refractivity contribution in [2.75, 3.05) is 52.4 Å². The van der Waals surface area contributed by atoms with Crippen molar-refractivity contribution in [2.24, 2.45) is 0 Å². The van der Waals surface area contributed by atoms with Gasteiger partial charge in [-0.2, -0.15) is 13.2 Å². The molecule has 1 atom stereocenters. The van der Waals surface area contributed by atoms with E-state index in [4.69, 9.17) is 9.47 Å². The Labute approximate surface area is 283 Å². The topological polar surface area (TPSA) is 136 Å². The number of aromatic amines is 1. The van der Waals surface area contributed by atoms with Crippen molar-refractivity contribution in [1.29, 1.82) is 0 Å². The summed E-state index contributed by atoms with van der Waals surface area (Å²) in [6.45, 7) is 8.22. The standard InChI is InChI=1S/C33H49F3N4O7S/c1-31(2,3)47-30(45)39(21-25(42)23-11-12-24(41)26-27(23)48-29(44)37-26)16-10-8-6-4-5-7-9-15-38-17-13-32(14-18-38)22-40(19-20-46-32)28(43)33(34,35)36/h11-12,25,41-42H,4-10,13-22H2,1-3H3,(H,37,44)/t25-/m0/s1. The van der Waals surface area contributed by atoms with Gasteiger partial charge in [-0.15, -0.1) is 0 Å². The number of likely N-dealkylation sites (tertiary alicyclic amines) is 1. The van der Waals surface area contributed by atoms with Gasteiger partial charge >= 0.3 is 23.0 Å². The Kier molecular flexibility index (Phi) is 12.8. The molecule has 1 aromatic carbocycles. The number of aromatic nitrogens is 1. The van der Waals surface area contributed by atoms with Gasteiger partial charge in [-0.1, -0.05) is 49.5 Å². The first kappa shape index (κ1) is 37.9. The molecular weight excluding hydrogens is 653 g/mol. The number of alkyl halides is 3. The number of nitrogens with one attached hydrogen (secondary N) is 1. The highest BCUT2D eigenvalue weighted by molar-refractivity contribution is 7.16. The van der Waals surface area contributed by atoms with Crippen molar-refractivity contribution in [3.63, 3.8) is 0 Å². The summed E-state index contributed by atoms with van der Waals surface area (Å²) in [6.07, 6.45) is 1.60. The summed E-state index contributed by atoms with van der Waals surface area (Å²) in [5.41, 5.74) is -0.670. The predicted octanol–water partition coefficient (Wildman–Crippen LogP) is 5.55. The largest absolute Gasteiger partial charge is 0.506 e. The number of fused-ring (bicyclic) bond motifs is 1. The number of phenols is 1. The third-order valence-electron chi connectivity index (χ3n) is 8.94. The molecule has 0 radical (unpaired) electrons. The van der Waals surface area contributed by atoms with Gasteiger partial charge in [-0.3, -0.25) is 9.59 Å². The summed E-state index contributed by atoms with van der Waals surface area (Å²) in [7, 11) is 0. The first-order chi connectivity index (χ1) is 22.6. The molecule has 11 nitrogen and oxygen atoms in total. The SMILES string of the molecule is CC(C)(C)OC(=O)N(CCCCCCCCCN1CCC2(CC1)CN(C(=O)C(F)(F)F)CCO2)C[C@H](O)c1ccc(O)c2[nH]c(=O)sc12. The van der Waals surface area contributed by atoms with Crippen LogP contribution in [0, 0.1) is 0 Å². The number of carbonyl (C=O) groups is 2. The quantitative estimate of drug-likeness (QED) is 0.231. The second kappa shape index (κ2) is 16.2. The fourth-order valence-corrected chi connectivity index (χ4v) is 7.32. The van der Waals surface area contributed by atoms with Crippen LogP contribution in [0.1, 0.15) is 90.2 Å². The number of unbranched alkanes of at least 4 members (excludes halogenated alkanes) is 6.